The molecule has 1 heterocycles. The predicted molar refractivity (Wildman–Crippen MR) is 75.4 cm³/mol. The summed E-state index contributed by atoms with van der Waals surface area (Å²) in [6.07, 6.45) is 0. The molecule has 96 valence electrons. The number of nitrogens with zero attached hydrogens (tertiary/aromatic N) is 3. The maximum absolute atomic E-state index is 9.40. The van der Waals surface area contributed by atoms with Gasteiger partial charge >= 0.3 is 0 Å². The van der Waals surface area contributed by atoms with Gasteiger partial charge in [-0.1, -0.05) is 40.9 Å². The van der Waals surface area contributed by atoms with Gasteiger partial charge in [-0.15, -0.1) is 0 Å². The van der Waals surface area contributed by atoms with E-state index in [1.807, 2.05) is 26.0 Å². The highest BCUT2D eigenvalue weighted by Gasteiger charge is 2.17. The molecule has 0 spiro atoms. The summed E-state index contributed by atoms with van der Waals surface area (Å²) in [6, 6.07) is 9.78. The van der Waals surface area contributed by atoms with Gasteiger partial charge in [-0.05, 0) is 37.1 Å². The van der Waals surface area contributed by atoms with Crippen LogP contribution in [0.15, 0.2) is 24.3 Å². The molecule has 1 aromatic heterocycles. The molecule has 3 nitrogen and oxygen atoms in total. The SMILES string of the molecule is Cc1cc(C)cc(C(C#N)c2cc(Cl)nc(Cl)n2)c1. The Morgan fingerprint density at radius 2 is 1.68 bits per heavy atom. The number of nitriles is 1. The molecule has 0 amide bonds. The van der Waals surface area contributed by atoms with Crippen LogP contribution in [-0.2, 0) is 0 Å². The smallest absolute Gasteiger partial charge is 0.221 e. The second-order valence-corrected chi connectivity index (χ2v) is 5.09. The molecule has 2 rings (SSSR count). The zero-order chi connectivity index (χ0) is 14.0. The third kappa shape index (κ3) is 3.23. The molecule has 1 aromatic carbocycles. The highest BCUT2D eigenvalue weighted by molar-refractivity contribution is 6.31. The van der Waals surface area contributed by atoms with E-state index in [1.54, 1.807) is 6.07 Å². The Kier molecular flexibility index (Phi) is 4.04. The first-order valence-corrected chi connectivity index (χ1v) is 6.43. The Hall–Kier alpha value is -1.63. The van der Waals surface area contributed by atoms with Crippen LogP contribution in [0.5, 0.6) is 0 Å². The average Bonchev–Trinajstić information content (AvgIpc) is 2.27. The summed E-state index contributed by atoms with van der Waals surface area (Å²) in [6.45, 7) is 3.98. The third-order valence-electron chi connectivity index (χ3n) is 2.69. The molecule has 0 bridgehead atoms. The summed E-state index contributed by atoms with van der Waals surface area (Å²) in [4.78, 5) is 7.88. The lowest BCUT2D eigenvalue weighted by molar-refractivity contribution is 0.940. The van der Waals surface area contributed by atoms with E-state index in [4.69, 9.17) is 23.2 Å². The molecule has 0 aliphatic rings. The molecule has 0 aliphatic carbocycles. The van der Waals surface area contributed by atoms with Crippen LogP contribution in [0.4, 0.5) is 0 Å². The molecule has 0 saturated heterocycles. The van der Waals surface area contributed by atoms with Crippen molar-refractivity contribution in [3.8, 4) is 6.07 Å². The summed E-state index contributed by atoms with van der Waals surface area (Å²) in [5.74, 6) is -0.503. The normalized spacial score (nSPS) is 11.9. The van der Waals surface area contributed by atoms with Crippen molar-refractivity contribution in [2.45, 2.75) is 19.8 Å². The van der Waals surface area contributed by atoms with Crippen LogP contribution in [0.3, 0.4) is 0 Å². The maximum atomic E-state index is 9.40. The quantitative estimate of drug-likeness (QED) is 0.619. The van der Waals surface area contributed by atoms with Crippen LogP contribution in [0, 0.1) is 25.2 Å². The fourth-order valence-electron chi connectivity index (χ4n) is 2.04. The largest absolute Gasteiger partial charge is 0.224 e. The van der Waals surface area contributed by atoms with Crippen molar-refractivity contribution < 1.29 is 0 Å². The number of aromatic nitrogens is 2. The number of benzene rings is 1. The number of hydrogen-bond donors (Lipinski definition) is 0. The van der Waals surface area contributed by atoms with Crippen LogP contribution in [0.1, 0.15) is 28.3 Å². The molecule has 19 heavy (non-hydrogen) atoms. The van der Waals surface area contributed by atoms with Gasteiger partial charge in [0.15, 0.2) is 0 Å². The Morgan fingerprint density at radius 1 is 1.05 bits per heavy atom. The number of hydrogen-bond acceptors (Lipinski definition) is 3. The van der Waals surface area contributed by atoms with E-state index in [2.05, 4.69) is 22.1 Å². The molecule has 1 unspecified atom stereocenters. The zero-order valence-electron chi connectivity index (χ0n) is 10.5. The van der Waals surface area contributed by atoms with Gasteiger partial charge in [0.25, 0.3) is 0 Å². The zero-order valence-corrected chi connectivity index (χ0v) is 12.0. The van der Waals surface area contributed by atoms with Gasteiger partial charge in [-0.2, -0.15) is 5.26 Å². The molecule has 0 N–H and O–H groups in total. The Morgan fingerprint density at radius 3 is 2.21 bits per heavy atom. The molecular formula is C14H11Cl2N3. The molecule has 2 aromatic rings. The second-order valence-electron chi connectivity index (χ2n) is 4.37. The van der Waals surface area contributed by atoms with Crippen LogP contribution >= 0.6 is 23.2 Å². The minimum absolute atomic E-state index is 0.0483. The van der Waals surface area contributed by atoms with Crippen LogP contribution in [0.25, 0.3) is 0 Å². The van der Waals surface area contributed by atoms with E-state index in [0.717, 1.165) is 16.7 Å². The minimum Gasteiger partial charge on any atom is -0.221 e. The predicted octanol–water partition coefficient (Wildman–Crippen LogP) is 4.06. The van der Waals surface area contributed by atoms with Crippen molar-refractivity contribution in [1.29, 1.82) is 5.26 Å². The summed E-state index contributed by atoms with van der Waals surface area (Å²) in [5.41, 5.74) is 3.59. The van der Waals surface area contributed by atoms with Crippen LogP contribution in [0.2, 0.25) is 10.4 Å². The standard InChI is InChI=1S/C14H11Cl2N3/c1-8-3-9(2)5-10(4-8)11(7-17)12-6-13(15)19-14(16)18-12/h3-6,11H,1-2H3. The molecule has 5 heteroatoms. The second kappa shape index (κ2) is 5.56. The van der Waals surface area contributed by atoms with Gasteiger partial charge in [0.05, 0.1) is 11.8 Å². The van der Waals surface area contributed by atoms with Gasteiger partial charge in [-0.3, -0.25) is 0 Å². The minimum atomic E-state index is -0.503. The van der Waals surface area contributed by atoms with Crippen molar-refractivity contribution in [1.82, 2.24) is 9.97 Å². The Balaban J connectivity index is 2.53. The lowest BCUT2D eigenvalue weighted by Crippen LogP contribution is -2.03. The third-order valence-corrected chi connectivity index (χ3v) is 3.05. The molecule has 0 radical (unpaired) electrons. The highest BCUT2D eigenvalue weighted by atomic mass is 35.5. The monoisotopic (exact) mass is 291 g/mol. The van der Waals surface area contributed by atoms with Crippen LogP contribution in [-0.4, -0.2) is 9.97 Å². The Labute approximate surface area is 121 Å². The summed E-state index contributed by atoms with van der Waals surface area (Å²) in [5, 5.41) is 9.68. The average molecular weight is 292 g/mol. The van der Waals surface area contributed by atoms with Gasteiger partial charge < -0.3 is 0 Å². The van der Waals surface area contributed by atoms with E-state index in [0.29, 0.717) is 5.69 Å². The van der Waals surface area contributed by atoms with E-state index in [-0.39, 0.29) is 10.4 Å². The Bertz CT molecular complexity index is 570. The fraction of sp³-hybridized carbons (Fsp3) is 0.214. The molecule has 1 atom stereocenters. The first-order valence-electron chi connectivity index (χ1n) is 5.67. The maximum Gasteiger partial charge on any atom is 0.224 e. The van der Waals surface area contributed by atoms with Gasteiger partial charge in [0.1, 0.15) is 11.1 Å². The summed E-state index contributed by atoms with van der Waals surface area (Å²) >= 11 is 11.6. The number of rotatable bonds is 2. The van der Waals surface area contributed by atoms with E-state index < -0.39 is 5.92 Å². The van der Waals surface area contributed by atoms with E-state index in [9.17, 15) is 5.26 Å². The van der Waals surface area contributed by atoms with Gasteiger partial charge in [0.2, 0.25) is 5.28 Å². The van der Waals surface area contributed by atoms with E-state index >= 15 is 0 Å². The fourth-order valence-corrected chi connectivity index (χ4v) is 2.47. The number of aryl methyl sites for hydroxylation is 2. The van der Waals surface area contributed by atoms with Crippen LogP contribution < -0.4 is 0 Å². The lowest BCUT2D eigenvalue weighted by Gasteiger charge is -2.11. The van der Waals surface area contributed by atoms with Crippen molar-refractivity contribution in [2.75, 3.05) is 0 Å². The van der Waals surface area contributed by atoms with Crippen molar-refractivity contribution in [3.63, 3.8) is 0 Å². The molecule has 0 fully saturated rings. The van der Waals surface area contributed by atoms with Gasteiger partial charge in [0, 0.05) is 0 Å². The molecule has 0 saturated carbocycles. The van der Waals surface area contributed by atoms with Crippen molar-refractivity contribution >= 4 is 23.2 Å². The molecule has 0 aliphatic heterocycles. The first kappa shape index (κ1) is 13.8. The summed E-state index contributed by atoms with van der Waals surface area (Å²) < 4.78 is 0. The number of halogens is 2. The van der Waals surface area contributed by atoms with E-state index in [1.165, 1.54) is 0 Å². The van der Waals surface area contributed by atoms with Gasteiger partial charge in [-0.25, -0.2) is 9.97 Å². The van der Waals surface area contributed by atoms with Crippen molar-refractivity contribution in [2.24, 2.45) is 0 Å². The summed E-state index contributed by atoms with van der Waals surface area (Å²) in [7, 11) is 0. The first-order chi connectivity index (χ1) is 8.99. The van der Waals surface area contributed by atoms with Crippen molar-refractivity contribution in [3.05, 3.63) is 57.1 Å². The molecular weight excluding hydrogens is 281 g/mol. The lowest BCUT2D eigenvalue weighted by atomic mass is 9.94. The highest BCUT2D eigenvalue weighted by Crippen LogP contribution is 2.26. The topological polar surface area (TPSA) is 49.6 Å².